The van der Waals surface area contributed by atoms with Crippen LogP contribution in [-0.4, -0.2) is 5.11 Å². The molecule has 1 aromatic carbocycles. The summed E-state index contributed by atoms with van der Waals surface area (Å²) in [5.41, 5.74) is 2.35. The standard InChI is InChI=1S/C16H22O/c1-8-11-9-10-12(15(2,3)4)14(17)13(11)16(5,6)7/h1,9-10,17H,2-7H3. The summed E-state index contributed by atoms with van der Waals surface area (Å²) in [5, 5.41) is 10.5. The first-order valence-electron chi connectivity index (χ1n) is 5.92. The fourth-order valence-electron chi connectivity index (χ4n) is 2.08. The molecule has 0 aliphatic carbocycles. The summed E-state index contributed by atoms with van der Waals surface area (Å²) in [6, 6.07) is 3.86. The molecule has 17 heavy (non-hydrogen) atoms. The molecule has 0 fully saturated rings. The number of benzene rings is 1. The highest BCUT2D eigenvalue weighted by Gasteiger charge is 2.27. The van der Waals surface area contributed by atoms with E-state index >= 15 is 0 Å². The van der Waals surface area contributed by atoms with Gasteiger partial charge in [-0.25, -0.2) is 0 Å². The zero-order valence-corrected chi connectivity index (χ0v) is 11.7. The van der Waals surface area contributed by atoms with E-state index in [1.807, 2.05) is 12.1 Å². The van der Waals surface area contributed by atoms with Gasteiger partial charge < -0.3 is 5.11 Å². The minimum Gasteiger partial charge on any atom is -0.507 e. The van der Waals surface area contributed by atoms with E-state index in [4.69, 9.17) is 6.42 Å². The van der Waals surface area contributed by atoms with Crippen molar-refractivity contribution < 1.29 is 5.11 Å². The van der Waals surface area contributed by atoms with Gasteiger partial charge in [0.1, 0.15) is 5.75 Å². The van der Waals surface area contributed by atoms with E-state index in [1.54, 1.807) is 0 Å². The Morgan fingerprint density at radius 3 is 1.88 bits per heavy atom. The van der Waals surface area contributed by atoms with Crippen LogP contribution in [-0.2, 0) is 10.8 Å². The minimum absolute atomic E-state index is 0.0861. The average Bonchev–Trinajstić information content (AvgIpc) is 2.12. The van der Waals surface area contributed by atoms with Crippen LogP contribution < -0.4 is 0 Å². The van der Waals surface area contributed by atoms with Crippen LogP contribution in [0.3, 0.4) is 0 Å². The molecular weight excluding hydrogens is 208 g/mol. The topological polar surface area (TPSA) is 20.2 Å². The lowest BCUT2D eigenvalue weighted by atomic mass is 9.77. The second kappa shape index (κ2) is 4.11. The van der Waals surface area contributed by atoms with Gasteiger partial charge in [0, 0.05) is 11.1 Å². The molecule has 1 aromatic rings. The summed E-state index contributed by atoms with van der Waals surface area (Å²) in [6.45, 7) is 12.5. The molecule has 0 spiro atoms. The Bertz CT molecular complexity index is 462. The lowest BCUT2D eigenvalue weighted by Gasteiger charge is -2.28. The van der Waals surface area contributed by atoms with Gasteiger partial charge in [0.05, 0.1) is 0 Å². The zero-order valence-electron chi connectivity index (χ0n) is 11.7. The van der Waals surface area contributed by atoms with E-state index in [0.29, 0.717) is 5.75 Å². The second-order valence-electron chi connectivity index (χ2n) is 6.53. The van der Waals surface area contributed by atoms with Gasteiger partial charge in [0.25, 0.3) is 0 Å². The molecule has 1 nitrogen and oxygen atoms in total. The molecule has 0 saturated carbocycles. The van der Waals surface area contributed by atoms with Crippen molar-refractivity contribution in [2.45, 2.75) is 52.4 Å². The number of phenols is 1. The van der Waals surface area contributed by atoms with E-state index in [9.17, 15) is 5.11 Å². The van der Waals surface area contributed by atoms with Gasteiger partial charge in [0.2, 0.25) is 0 Å². The minimum atomic E-state index is -0.160. The van der Waals surface area contributed by atoms with Crippen LogP contribution in [0.15, 0.2) is 12.1 Å². The molecular formula is C16H22O. The second-order valence-corrected chi connectivity index (χ2v) is 6.53. The molecule has 0 unspecified atom stereocenters. The molecule has 0 bridgehead atoms. The van der Waals surface area contributed by atoms with E-state index in [1.165, 1.54) is 0 Å². The monoisotopic (exact) mass is 230 g/mol. The Kier molecular flexibility index (Phi) is 3.30. The number of hydrogen-bond acceptors (Lipinski definition) is 1. The summed E-state index contributed by atoms with van der Waals surface area (Å²) >= 11 is 0. The predicted octanol–water partition coefficient (Wildman–Crippen LogP) is 3.97. The molecule has 1 N–H and O–H groups in total. The van der Waals surface area contributed by atoms with Crippen LogP contribution in [0, 0.1) is 12.3 Å². The Balaban J connectivity index is 3.63. The first kappa shape index (κ1) is 13.6. The normalized spacial score (nSPS) is 12.3. The van der Waals surface area contributed by atoms with Gasteiger partial charge >= 0.3 is 0 Å². The molecule has 0 radical (unpaired) electrons. The predicted molar refractivity (Wildman–Crippen MR) is 73.4 cm³/mol. The third kappa shape index (κ3) is 2.64. The Morgan fingerprint density at radius 1 is 1.00 bits per heavy atom. The van der Waals surface area contributed by atoms with Crippen molar-refractivity contribution in [2.24, 2.45) is 0 Å². The van der Waals surface area contributed by atoms with Gasteiger partial charge in [-0.2, -0.15) is 0 Å². The average molecular weight is 230 g/mol. The molecule has 92 valence electrons. The van der Waals surface area contributed by atoms with E-state index in [2.05, 4.69) is 47.5 Å². The lowest BCUT2D eigenvalue weighted by Crippen LogP contribution is -2.18. The molecule has 1 rings (SSSR count). The fourth-order valence-corrected chi connectivity index (χ4v) is 2.08. The number of phenolic OH excluding ortho intramolecular Hbond substituents is 1. The van der Waals surface area contributed by atoms with Crippen molar-refractivity contribution in [1.82, 2.24) is 0 Å². The third-order valence-corrected chi connectivity index (χ3v) is 2.89. The molecule has 0 amide bonds. The first-order chi connectivity index (χ1) is 7.59. The highest BCUT2D eigenvalue weighted by atomic mass is 16.3. The van der Waals surface area contributed by atoms with E-state index < -0.39 is 0 Å². The van der Waals surface area contributed by atoms with Crippen molar-refractivity contribution in [2.75, 3.05) is 0 Å². The van der Waals surface area contributed by atoms with Crippen LogP contribution in [0.1, 0.15) is 58.2 Å². The molecule has 0 aromatic heterocycles. The third-order valence-electron chi connectivity index (χ3n) is 2.89. The van der Waals surface area contributed by atoms with Gasteiger partial charge in [0.15, 0.2) is 0 Å². The van der Waals surface area contributed by atoms with Crippen molar-refractivity contribution in [3.8, 4) is 18.1 Å². The summed E-state index contributed by atoms with van der Waals surface area (Å²) in [7, 11) is 0. The summed E-state index contributed by atoms with van der Waals surface area (Å²) in [4.78, 5) is 0. The Labute approximate surface area is 105 Å². The molecule has 0 saturated heterocycles. The number of rotatable bonds is 0. The zero-order chi connectivity index (χ0) is 13.4. The maximum atomic E-state index is 10.5. The summed E-state index contributed by atoms with van der Waals surface area (Å²) in [6.07, 6.45) is 5.51. The lowest BCUT2D eigenvalue weighted by molar-refractivity contribution is 0.423. The Morgan fingerprint density at radius 2 is 1.53 bits per heavy atom. The summed E-state index contributed by atoms with van der Waals surface area (Å²) in [5.74, 6) is 3.01. The highest BCUT2D eigenvalue weighted by molar-refractivity contribution is 5.56. The molecule has 0 aliphatic heterocycles. The van der Waals surface area contributed by atoms with Crippen LogP contribution >= 0.6 is 0 Å². The van der Waals surface area contributed by atoms with Crippen molar-refractivity contribution >= 4 is 0 Å². The van der Waals surface area contributed by atoms with Gasteiger partial charge in [-0.05, 0) is 22.5 Å². The number of aromatic hydroxyl groups is 1. The van der Waals surface area contributed by atoms with Crippen LogP contribution in [0.4, 0.5) is 0 Å². The van der Waals surface area contributed by atoms with E-state index in [-0.39, 0.29) is 10.8 Å². The molecule has 1 heteroatoms. The largest absolute Gasteiger partial charge is 0.507 e. The number of hydrogen-bond donors (Lipinski definition) is 1. The van der Waals surface area contributed by atoms with Gasteiger partial charge in [-0.15, -0.1) is 6.42 Å². The van der Waals surface area contributed by atoms with Crippen molar-refractivity contribution in [3.63, 3.8) is 0 Å². The number of terminal acetylenes is 1. The first-order valence-corrected chi connectivity index (χ1v) is 5.92. The maximum absolute atomic E-state index is 10.5. The van der Waals surface area contributed by atoms with E-state index in [0.717, 1.165) is 16.7 Å². The quantitative estimate of drug-likeness (QED) is 0.669. The van der Waals surface area contributed by atoms with Crippen LogP contribution in [0.5, 0.6) is 5.75 Å². The SMILES string of the molecule is C#Cc1ccc(C(C)(C)C)c(O)c1C(C)(C)C. The fraction of sp³-hybridized carbons (Fsp3) is 0.500. The highest BCUT2D eigenvalue weighted by Crippen LogP contribution is 2.40. The van der Waals surface area contributed by atoms with Gasteiger partial charge in [-0.3, -0.25) is 0 Å². The van der Waals surface area contributed by atoms with Crippen LogP contribution in [0.2, 0.25) is 0 Å². The molecule has 0 heterocycles. The smallest absolute Gasteiger partial charge is 0.124 e. The Hall–Kier alpha value is -1.42. The summed E-state index contributed by atoms with van der Waals surface area (Å²) < 4.78 is 0. The van der Waals surface area contributed by atoms with Crippen LogP contribution in [0.25, 0.3) is 0 Å². The maximum Gasteiger partial charge on any atom is 0.124 e. The van der Waals surface area contributed by atoms with Crippen molar-refractivity contribution in [3.05, 3.63) is 28.8 Å². The molecule has 0 aliphatic rings. The van der Waals surface area contributed by atoms with Crippen molar-refractivity contribution in [1.29, 1.82) is 0 Å². The van der Waals surface area contributed by atoms with Gasteiger partial charge in [-0.1, -0.05) is 53.5 Å². The molecule has 0 atom stereocenters.